The Morgan fingerprint density at radius 3 is 2.26 bits per heavy atom. The Kier molecular flexibility index (Phi) is 4.23. The van der Waals surface area contributed by atoms with Gasteiger partial charge < -0.3 is 5.73 Å². The van der Waals surface area contributed by atoms with Gasteiger partial charge in [-0.25, -0.2) is 17.5 Å². The molecule has 1 aromatic rings. The van der Waals surface area contributed by atoms with Crippen molar-refractivity contribution >= 4 is 10.0 Å². The minimum Gasteiger partial charge on any atom is -0.329 e. The van der Waals surface area contributed by atoms with Crippen LogP contribution in [0.25, 0.3) is 0 Å². The van der Waals surface area contributed by atoms with E-state index >= 15 is 0 Å². The molecule has 3 N–H and O–H groups in total. The quantitative estimate of drug-likeness (QED) is 0.886. The van der Waals surface area contributed by atoms with E-state index in [0.717, 1.165) is 44.2 Å². The first kappa shape index (κ1) is 14.4. The maximum Gasteiger partial charge on any atom is 0.241 e. The molecule has 0 saturated heterocycles. The fourth-order valence-electron chi connectivity index (χ4n) is 2.53. The number of hydrogen-bond donors (Lipinski definition) is 2. The summed E-state index contributed by atoms with van der Waals surface area (Å²) in [6, 6.07) is 4.82. The molecule has 106 valence electrons. The van der Waals surface area contributed by atoms with E-state index in [9.17, 15) is 12.8 Å². The Morgan fingerprint density at radius 2 is 1.74 bits per heavy atom. The topological polar surface area (TPSA) is 72.2 Å². The van der Waals surface area contributed by atoms with Gasteiger partial charge in [0.25, 0.3) is 0 Å². The van der Waals surface area contributed by atoms with Crippen LogP contribution >= 0.6 is 0 Å². The van der Waals surface area contributed by atoms with E-state index in [-0.39, 0.29) is 11.4 Å². The van der Waals surface area contributed by atoms with E-state index in [2.05, 4.69) is 4.72 Å². The van der Waals surface area contributed by atoms with Crippen molar-refractivity contribution in [3.63, 3.8) is 0 Å². The molecule has 1 aromatic carbocycles. The van der Waals surface area contributed by atoms with E-state index in [0.29, 0.717) is 0 Å². The van der Waals surface area contributed by atoms with E-state index in [4.69, 9.17) is 5.73 Å². The largest absolute Gasteiger partial charge is 0.329 e. The number of nitrogens with one attached hydrogen (secondary N) is 1. The second-order valence-corrected chi connectivity index (χ2v) is 6.79. The lowest BCUT2D eigenvalue weighted by Gasteiger charge is -2.36. The van der Waals surface area contributed by atoms with Gasteiger partial charge in [-0.15, -0.1) is 0 Å². The number of rotatable bonds is 4. The van der Waals surface area contributed by atoms with Crippen molar-refractivity contribution < 1.29 is 12.8 Å². The molecular weight excluding hydrogens is 267 g/mol. The minimum atomic E-state index is -3.64. The monoisotopic (exact) mass is 286 g/mol. The summed E-state index contributed by atoms with van der Waals surface area (Å²) in [6.45, 7) is 0.285. The van der Waals surface area contributed by atoms with Crippen LogP contribution in [0.5, 0.6) is 0 Å². The maximum absolute atomic E-state index is 12.8. The summed E-state index contributed by atoms with van der Waals surface area (Å²) >= 11 is 0. The zero-order valence-corrected chi connectivity index (χ0v) is 11.5. The molecule has 1 saturated carbocycles. The molecule has 19 heavy (non-hydrogen) atoms. The van der Waals surface area contributed by atoms with Crippen LogP contribution < -0.4 is 10.5 Å². The zero-order valence-electron chi connectivity index (χ0n) is 10.7. The fourth-order valence-corrected chi connectivity index (χ4v) is 4.00. The SMILES string of the molecule is NCC1(NS(=O)(=O)c2ccc(F)cc2)CCCCC1. The molecule has 6 heteroatoms. The van der Waals surface area contributed by atoms with Gasteiger partial charge in [0, 0.05) is 12.1 Å². The molecule has 0 bridgehead atoms. The average molecular weight is 286 g/mol. The molecule has 2 rings (SSSR count). The Bertz CT molecular complexity index is 522. The van der Waals surface area contributed by atoms with Crippen LogP contribution in [-0.2, 0) is 10.0 Å². The van der Waals surface area contributed by atoms with Crippen molar-refractivity contribution in [1.29, 1.82) is 0 Å². The van der Waals surface area contributed by atoms with Crippen molar-refractivity contribution in [3.8, 4) is 0 Å². The highest BCUT2D eigenvalue weighted by molar-refractivity contribution is 7.89. The molecule has 1 aliphatic rings. The van der Waals surface area contributed by atoms with E-state index in [1.807, 2.05) is 0 Å². The zero-order chi connectivity index (χ0) is 13.9. The van der Waals surface area contributed by atoms with E-state index < -0.39 is 21.4 Å². The molecule has 1 aliphatic carbocycles. The summed E-state index contributed by atoms with van der Waals surface area (Å²) in [7, 11) is -3.64. The highest BCUT2D eigenvalue weighted by Gasteiger charge is 2.35. The van der Waals surface area contributed by atoms with Gasteiger partial charge in [0.1, 0.15) is 5.82 Å². The molecule has 0 heterocycles. The van der Waals surface area contributed by atoms with Gasteiger partial charge in [0.05, 0.1) is 4.90 Å². The van der Waals surface area contributed by atoms with Gasteiger partial charge in [-0.3, -0.25) is 0 Å². The van der Waals surface area contributed by atoms with E-state index in [1.54, 1.807) is 0 Å². The average Bonchev–Trinajstić information content (AvgIpc) is 2.40. The molecular formula is C13H19FN2O2S. The lowest BCUT2D eigenvalue weighted by atomic mass is 9.83. The Hall–Kier alpha value is -0.980. The lowest BCUT2D eigenvalue weighted by molar-refractivity contribution is 0.276. The molecule has 0 unspecified atom stereocenters. The minimum absolute atomic E-state index is 0.0762. The second kappa shape index (κ2) is 5.56. The molecule has 0 atom stereocenters. The van der Waals surface area contributed by atoms with Crippen molar-refractivity contribution in [3.05, 3.63) is 30.1 Å². The van der Waals surface area contributed by atoms with Gasteiger partial charge in [-0.1, -0.05) is 19.3 Å². The van der Waals surface area contributed by atoms with Crippen LogP contribution in [0.15, 0.2) is 29.2 Å². The molecule has 0 radical (unpaired) electrons. The summed E-state index contributed by atoms with van der Waals surface area (Å²) in [6.07, 6.45) is 4.57. The molecule has 0 amide bonds. The standard InChI is InChI=1S/C13H19FN2O2S/c14-11-4-6-12(7-5-11)19(17,18)16-13(10-15)8-2-1-3-9-13/h4-7,16H,1-3,8-10,15H2. The van der Waals surface area contributed by atoms with Gasteiger partial charge >= 0.3 is 0 Å². The van der Waals surface area contributed by atoms with Gasteiger partial charge in [0.15, 0.2) is 0 Å². The number of benzene rings is 1. The van der Waals surface area contributed by atoms with Crippen molar-refractivity contribution in [2.24, 2.45) is 5.73 Å². The van der Waals surface area contributed by atoms with Gasteiger partial charge in [-0.2, -0.15) is 0 Å². The third-order valence-corrected chi connectivity index (χ3v) is 5.27. The highest BCUT2D eigenvalue weighted by Crippen LogP contribution is 2.29. The number of nitrogens with two attached hydrogens (primary N) is 1. The summed E-state index contributed by atoms with van der Waals surface area (Å²) in [4.78, 5) is 0.0762. The van der Waals surface area contributed by atoms with Crippen molar-refractivity contribution in [2.75, 3.05) is 6.54 Å². The van der Waals surface area contributed by atoms with Crippen LogP contribution in [0.2, 0.25) is 0 Å². The predicted molar refractivity (Wildman–Crippen MR) is 71.6 cm³/mol. The summed E-state index contributed by atoms with van der Waals surface area (Å²) in [5.74, 6) is -0.454. The van der Waals surface area contributed by atoms with Crippen molar-refractivity contribution in [2.45, 2.75) is 42.5 Å². The molecule has 4 nitrogen and oxygen atoms in total. The molecule has 0 aromatic heterocycles. The van der Waals surface area contributed by atoms with Gasteiger partial charge in [0.2, 0.25) is 10.0 Å². The van der Waals surface area contributed by atoms with Crippen LogP contribution in [0.3, 0.4) is 0 Å². The van der Waals surface area contributed by atoms with Crippen LogP contribution in [-0.4, -0.2) is 20.5 Å². The first-order chi connectivity index (χ1) is 8.97. The highest BCUT2D eigenvalue weighted by atomic mass is 32.2. The first-order valence-corrected chi connectivity index (χ1v) is 7.95. The van der Waals surface area contributed by atoms with Gasteiger partial charge in [-0.05, 0) is 37.1 Å². The normalized spacial score (nSPS) is 19.3. The van der Waals surface area contributed by atoms with E-state index in [1.165, 1.54) is 12.1 Å². The molecule has 0 spiro atoms. The summed E-state index contributed by atoms with van der Waals surface area (Å²) in [5.41, 5.74) is 5.21. The Labute approximate surface area is 113 Å². The fraction of sp³-hybridized carbons (Fsp3) is 0.538. The van der Waals surface area contributed by atoms with Crippen molar-refractivity contribution in [1.82, 2.24) is 4.72 Å². The van der Waals surface area contributed by atoms with Crippen LogP contribution in [0.4, 0.5) is 4.39 Å². The number of hydrogen-bond acceptors (Lipinski definition) is 3. The van der Waals surface area contributed by atoms with Crippen LogP contribution in [0.1, 0.15) is 32.1 Å². The number of sulfonamides is 1. The Balaban J connectivity index is 2.22. The lowest BCUT2D eigenvalue weighted by Crippen LogP contribution is -2.54. The third kappa shape index (κ3) is 3.32. The molecule has 1 fully saturated rings. The predicted octanol–water partition coefficient (Wildman–Crippen LogP) is 1.77. The first-order valence-electron chi connectivity index (χ1n) is 6.47. The second-order valence-electron chi connectivity index (χ2n) is 5.10. The summed E-state index contributed by atoms with van der Waals surface area (Å²) in [5, 5.41) is 0. The Morgan fingerprint density at radius 1 is 1.16 bits per heavy atom. The molecule has 0 aliphatic heterocycles. The van der Waals surface area contributed by atoms with Crippen LogP contribution in [0, 0.1) is 5.82 Å². The summed E-state index contributed by atoms with van der Waals surface area (Å²) < 4.78 is 40.1. The smallest absolute Gasteiger partial charge is 0.241 e. The number of halogens is 1. The maximum atomic E-state index is 12.8. The third-order valence-electron chi connectivity index (χ3n) is 3.68.